The molecule has 25 heavy (non-hydrogen) atoms. The van der Waals surface area contributed by atoms with Crippen LogP contribution in [0.2, 0.25) is 0 Å². The lowest BCUT2D eigenvalue weighted by atomic mass is 9.99. The SMILES string of the molecule is Cc1ccc(S(=O)(=O)Nc2cc(F)ccc2N2CCCC(C)C2)cc1. The van der Waals surface area contributed by atoms with Crippen molar-refractivity contribution >= 4 is 21.4 Å². The molecule has 134 valence electrons. The highest BCUT2D eigenvalue weighted by Crippen LogP contribution is 2.32. The third-order valence-corrected chi connectivity index (χ3v) is 5.91. The average Bonchev–Trinajstić information content (AvgIpc) is 2.55. The van der Waals surface area contributed by atoms with Gasteiger partial charge in [-0.1, -0.05) is 24.6 Å². The predicted octanol–water partition coefficient (Wildman–Crippen LogP) is 4.17. The van der Waals surface area contributed by atoms with Gasteiger partial charge in [-0.05, 0) is 49.9 Å². The highest BCUT2D eigenvalue weighted by atomic mass is 32.2. The first-order valence-corrected chi connectivity index (χ1v) is 9.97. The summed E-state index contributed by atoms with van der Waals surface area (Å²) in [5.41, 5.74) is 1.99. The number of benzene rings is 2. The van der Waals surface area contributed by atoms with E-state index in [-0.39, 0.29) is 10.6 Å². The van der Waals surface area contributed by atoms with E-state index in [4.69, 9.17) is 0 Å². The van der Waals surface area contributed by atoms with Crippen molar-refractivity contribution in [2.45, 2.75) is 31.6 Å². The lowest BCUT2D eigenvalue weighted by molar-refractivity contribution is 0.447. The van der Waals surface area contributed by atoms with Crippen LogP contribution >= 0.6 is 0 Å². The molecular weight excluding hydrogens is 339 g/mol. The Morgan fingerprint density at radius 2 is 1.88 bits per heavy atom. The van der Waals surface area contributed by atoms with Crippen LogP contribution in [0.1, 0.15) is 25.3 Å². The molecule has 0 spiro atoms. The molecule has 6 heteroatoms. The van der Waals surface area contributed by atoms with E-state index < -0.39 is 15.8 Å². The second-order valence-electron chi connectivity index (χ2n) is 6.77. The molecule has 1 saturated heterocycles. The molecule has 1 atom stereocenters. The minimum Gasteiger partial charge on any atom is -0.370 e. The monoisotopic (exact) mass is 362 g/mol. The van der Waals surface area contributed by atoms with Gasteiger partial charge in [0.15, 0.2) is 0 Å². The van der Waals surface area contributed by atoms with Gasteiger partial charge in [-0.2, -0.15) is 0 Å². The second-order valence-corrected chi connectivity index (χ2v) is 8.46. The molecule has 2 aromatic rings. The highest BCUT2D eigenvalue weighted by molar-refractivity contribution is 7.92. The van der Waals surface area contributed by atoms with Gasteiger partial charge in [-0.3, -0.25) is 4.72 Å². The van der Waals surface area contributed by atoms with E-state index in [2.05, 4.69) is 16.5 Å². The van der Waals surface area contributed by atoms with Crippen LogP contribution in [-0.4, -0.2) is 21.5 Å². The maximum Gasteiger partial charge on any atom is 0.261 e. The van der Waals surface area contributed by atoms with Crippen LogP contribution in [0.4, 0.5) is 15.8 Å². The third-order valence-electron chi connectivity index (χ3n) is 4.53. The van der Waals surface area contributed by atoms with Gasteiger partial charge >= 0.3 is 0 Å². The van der Waals surface area contributed by atoms with E-state index >= 15 is 0 Å². The first-order chi connectivity index (χ1) is 11.8. The Morgan fingerprint density at radius 3 is 2.56 bits per heavy atom. The van der Waals surface area contributed by atoms with Crippen LogP contribution < -0.4 is 9.62 Å². The largest absolute Gasteiger partial charge is 0.370 e. The Labute approximate surface area is 148 Å². The van der Waals surface area contributed by atoms with E-state index in [1.165, 1.54) is 12.1 Å². The summed E-state index contributed by atoms with van der Waals surface area (Å²) in [5.74, 6) is 0.0655. The van der Waals surface area contributed by atoms with E-state index in [9.17, 15) is 12.8 Å². The zero-order chi connectivity index (χ0) is 18.0. The zero-order valence-corrected chi connectivity index (χ0v) is 15.3. The average molecular weight is 362 g/mol. The Morgan fingerprint density at radius 1 is 1.16 bits per heavy atom. The topological polar surface area (TPSA) is 49.4 Å². The van der Waals surface area contributed by atoms with Crippen LogP contribution in [0.25, 0.3) is 0 Å². The molecule has 4 nitrogen and oxygen atoms in total. The number of rotatable bonds is 4. The fourth-order valence-electron chi connectivity index (χ4n) is 3.20. The van der Waals surface area contributed by atoms with Gasteiger partial charge in [0.2, 0.25) is 0 Å². The molecule has 1 fully saturated rings. The van der Waals surface area contributed by atoms with Crippen LogP contribution in [0.15, 0.2) is 47.4 Å². The molecule has 1 N–H and O–H groups in total. The number of aryl methyl sites for hydroxylation is 1. The molecule has 0 saturated carbocycles. The summed E-state index contributed by atoms with van der Waals surface area (Å²) in [5, 5.41) is 0. The predicted molar refractivity (Wildman–Crippen MR) is 99.0 cm³/mol. The fourth-order valence-corrected chi connectivity index (χ4v) is 4.26. The zero-order valence-electron chi connectivity index (χ0n) is 14.5. The molecule has 1 heterocycles. The lowest BCUT2D eigenvalue weighted by Gasteiger charge is -2.34. The van der Waals surface area contributed by atoms with Crippen molar-refractivity contribution in [2.75, 3.05) is 22.7 Å². The maximum atomic E-state index is 13.8. The second kappa shape index (κ2) is 7.04. The van der Waals surface area contributed by atoms with Gasteiger partial charge in [-0.25, -0.2) is 12.8 Å². The van der Waals surface area contributed by atoms with Crippen molar-refractivity contribution < 1.29 is 12.8 Å². The molecule has 0 radical (unpaired) electrons. The number of halogens is 1. The van der Waals surface area contributed by atoms with E-state index in [0.717, 1.165) is 37.2 Å². The molecule has 1 aliphatic rings. The Hall–Kier alpha value is -2.08. The molecule has 3 rings (SSSR count). The van der Waals surface area contributed by atoms with Gasteiger partial charge in [0, 0.05) is 19.2 Å². The third kappa shape index (κ3) is 4.12. The molecule has 1 aliphatic heterocycles. The van der Waals surface area contributed by atoms with Crippen LogP contribution in [0.5, 0.6) is 0 Å². The molecule has 0 bridgehead atoms. The van der Waals surface area contributed by atoms with Crippen LogP contribution in [0, 0.1) is 18.7 Å². The van der Waals surface area contributed by atoms with Crippen molar-refractivity contribution in [3.8, 4) is 0 Å². The standard InChI is InChI=1S/C19H23FN2O2S/c1-14-5-8-17(9-6-14)25(23,24)21-18-12-16(20)7-10-19(18)22-11-3-4-15(2)13-22/h5-10,12,15,21H,3-4,11,13H2,1-2H3. The minimum absolute atomic E-state index is 0.167. The number of piperidine rings is 1. The van der Waals surface area contributed by atoms with Gasteiger partial charge in [0.05, 0.1) is 16.3 Å². The van der Waals surface area contributed by atoms with Gasteiger partial charge in [0.1, 0.15) is 5.82 Å². The van der Waals surface area contributed by atoms with Crippen molar-refractivity contribution in [2.24, 2.45) is 5.92 Å². The highest BCUT2D eigenvalue weighted by Gasteiger charge is 2.22. The van der Waals surface area contributed by atoms with Gasteiger partial charge < -0.3 is 4.90 Å². The van der Waals surface area contributed by atoms with Crippen LogP contribution in [0.3, 0.4) is 0 Å². The summed E-state index contributed by atoms with van der Waals surface area (Å²) in [6.07, 6.45) is 2.20. The molecule has 0 aliphatic carbocycles. The summed E-state index contributed by atoms with van der Waals surface area (Å²) < 4.78 is 41.7. The fraction of sp³-hybridized carbons (Fsp3) is 0.368. The number of nitrogens with one attached hydrogen (secondary N) is 1. The Bertz CT molecular complexity index is 850. The van der Waals surface area contributed by atoms with E-state index in [0.29, 0.717) is 5.92 Å². The number of hydrogen-bond acceptors (Lipinski definition) is 3. The number of anilines is 2. The number of nitrogens with zero attached hydrogens (tertiary/aromatic N) is 1. The lowest BCUT2D eigenvalue weighted by Crippen LogP contribution is -2.35. The van der Waals surface area contributed by atoms with E-state index in [1.54, 1.807) is 30.3 Å². The summed E-state index contributed by atoms with van der Waals surface area (Å²) in [6, 6.07) is 10.9. The van der Waals surface area contributed by atoms with Crippen molar-refractivity contribution in [1.29, 1.82) is 0 Å². The van der Waals surface area contributed by atoms with Crippen molar-refractivity contribution in [1.82, 2.24) is 0 Å². The summed E-state index contributed by atoms with van der Waals surface area (Å²) in [7, 11) is -3.76. The molecule has 0 amide bonds. The first kappa shape index (κ1) is 17.7. The van der Waals surface area contributed by atoms with Crippen LogP contribution in [-0.2, 0) is 10.0 Å². The maximum absolute atomic E-state index is 13.8. The smallest absolute Gasteiger partial charge is 0.261 e. The number of sulfonamides is 1. The van der Waals surface area contributed by atoms with Crippen molar-refractivity contribution in [3.63, 3.8) is 0 Å². The Kier molecular flexibility index (Phi) is 4.99. The normalized spacial score (nSPS) is 18.2. The van der Waals surface area contributed by atoms with Gasteiger partial charge in [-0.15, -0.1) is 0 Å². The summed E-state index contributed by atoms with van der Waals surface area (Å²) >= 11 is 0. The molecule has 1 unspecified atom stereocenters. The Balaban J connectivity index is 1.93. The molecule has 0 aromatic heterocycles. The van der Waals surface area contributed by atoms with E-state index in [1.807, 2.05) is 6.92 Å². The molecular formula is C19H23FN2O2S. The van der Waals surface area contributed by atoms with Gasteiger partial charge in [0.25, 0.3) is 10.0 Å². The summed E-state index contributed by atoms with van der Waals surface area (Å²) in [6.45, 7) is 5.75. The molecule has 2 aromatic carbocycles. The van der Waals surface area contributed by atoms with Crippen molar-refractivity contribution in [3.05, 3.63) is 53.8 Å². The summed E-state index contributed by atoms with van der Waals surface area (Å²) in [4.78, 5) is 2.29. The minimum atomic E-state index is -3.76. The number of hydrogen-bond donors (Lipinski definition) is 1. The quantitative estimate of drug-likeness (QED) is 0.888. The first-order valence-electron chi connectivity index (χ1n) is 8.49.